The minimum absolute atomic E-state index is 0.129. The van der Waals surface area contributed by atoms with Gasteiger partial charge in [-0.25, -0.2) is 0 Å². The molecule has 4 N–H and O–H groups in total. The quantitative estimate of drug-likeness (QED) is 0.228. The van der Waals surface area contributed by atoms with Crippen molar-refractivity contribution in [3.8, 4) is 11.5 Å². The van der Waals surface area contributed by atoms with E-state index in [2.05, 4.69) is 31.5 Å². The van der Waals surface area contributed by atoms with Crippen molar-refractivity contribution in [2.75, 3.05) is 26.2 Å². The summed E-state index contributed by atoms with van der Waals surface area (Å²) in [6.45, 7) is 5.55. The van der Waals surface area contributed by atoms with Gasteiger partial charge in [0.1, 0.15) is 41.7 Å². The van der Waals surface area contributed by atoms with Crippen molar-refractivity contribution in [2.45, 2.75) is 63.8 Å². The molecule has 0 unspecified atom stereocenters. The van der Waals surface area contributed by atoms with Crippen molar-refractivity contribution in [1.29, 1.82) is 0 Å². The van der Waals surface area contributed by atoms with Crippen LogP contribution >= 0.6 is 0 Å². The fourth-order valence-electron chi connectivity index (χ4n) is 6.33. The first kappa shape index (κ1) is 35.8. The van der Waals surface area contributed by atoms with E-state index in [0.29, 0.717) is 28.3 Å². The van der Waals surface area contributed by atoms with Gasteiger partial charge in [0.05, 0.1) is 17.8 Å². The molecule has 3 aliphatic rings. The first-order valence-corrected chi connectivity index (χ1v) is 17.3. The number of hydrogen-bond donors (Lipinski definition) is 4. The van der Waals surface area contributed by atoms with Gasteiger partial charge >= 0.3 is 0 Å². The summed E-state index contributed by atoms with van der Waals surface area (Å²) in [7, 11) is 0. The third-order valence-electron chi connectivity index (χ3n) is 9.30. The molecule has 5 heterocycles. The number of carbonyl (C=O) groups is 5. The van der Waals surface area contributed by atoms with E-state index in [4.69, 9.17) is 9.47 Å². The Balaban J connectivity index is 1.24. The lowest BCUT2D eigenvalue weighted by Gasteiger charge is -2.41. The minimum Gasteiger partial charge on any atom is -0.492 e. The average Bonchev–Trinajstić information content (AvgIpc) is 3.49. The fraction of sp³-hybridized carbons (Fsp3) is 0.378. The third kappa shape index (κ3) is 7.98. The maximum atomic E-state index is 14.2. The normalized spacial score (nSPS) is 21.7. The summed E-state index contributed by atoms with van der Waals surface area (Å²) < 4.78 is 13.7. The molecule has 5 amide bonds. The summed E-state index contributed by atoms with van der Waals surface area (Å²) in [5, 5.41) is 19.6. The van der Waals surface area contributed by atoms with Gasteiger partial charge in [-0.3, -0.25) is 24.0 Å². The number of ether oxygens (including phenoxy) is 2. The van der Waals surface area contributed by atoms with Gasteiger partial charge < -0.3 is 35.6 Å². The molecule has 3 aliphatic heterocycles. The van der Waals surface area contributed by atoms with Crippen LogP contribution < -0.4 is 30.7 Å². The summed E-state index contributed by atoms with van der Waals surface area (Å²) in [4.78, 5) is 69.4. The Bertz CT molecular complexity index is 1940. The highest BCUT2D eigenvalue weighted by molar-refractivity contribution is 6.02. The van der Waals surface area contributed by atoms with Crippen LogP contribution in [0.5, 0.6) is 11.5 Å². The van der Waals surface area contributed by atoms with Gasteiger partial charge in [-0.15, -0.1) is 0 Å². The number of rotatable bonds is 3. The summed E-state index contributed by atoms with van der Waals surface area (Å²) in [5.74, 6) is -1.43. The van der Waals surface area contributed by atoms with Crippen LogP contribution in [0.4, 0.5) is 0 Å². The Hall–Kier alpha value is -5.99. The van der Waals surface area contributed by atoms with E-state index >= 15 is 0 Å². The number of carbonyl (C=O) groups excluding carboxylic acids is 5. The van der Waals surface area contributed by atoms with Gasteiger partial charge in [0, 0.05) is 38.5 Å². The largest absolute Gasteiger partial charge is 0.492 e. The zero-order chi connectivity index (χ0) is 36.8. The lowest BCUT2D eigenvalue weighted by Crippen LogP contribution is -2.61. The maximum absolute atomic E-state index is 14.2. The van der Waals surface area contributed by atoms with Crippen molar-refractivity contribution in [2.24, 2.45) is 0 Å². The van der Waals surface area contributed by atoms with Gasteiger partial charge in [0.2, 0.25) is 17.7 Å². The number of piperidine rings is 1. The van der Waals surface area contributed by atoms with Crippen molar-refractivity contribution in [3.05, 3.63) is 89.7 Å². The zero-order valence-corrected chi connectivity index (χ0v) is 29.3. The molecule has 15 nitrogen and oxygen atoms in total. The Morgan fingerprint density at radius 3 is 2.27 bits per heavy atom. The van der Waals surface area contributed by atoms with E-state index in [0.717, 1.165) is 5.56 Å². The van der Waals surface area contributed by atoms with E-state index in [9.17, 15) is 24.0 Å². The molecule has 52 heavy (non-hydrogen) atoms. The molecule has 1 saturated heterocycles. The molecule has 2 aromatic heterocycles. The summed E-state index contributed by atoms with van der Waals surface area (Å²) in [5.41, 5.74) is 0.916. The fourth-order valence-corrected chi connectivity index (χ4v) is 6.33. The second-order valence-electron chi connectivity index (χ2n) is 13.0. The molecule has 1 fully saturated rings. The van der Waals surface area contributed by atoms with Gasteiger partial charge in [-0.05, 0) is 62.7 Å². The zero-order valence-electron chi connectivity index (χ0n) is 29.3. The predicted molar refractivity (Wildman–Crippen MR) is 188 cm³/mol. The molecule has 0 saturated carbocycles. The van der Waals surface area contributed by atoms with Crippen LogP contribution in [0, 0.1) is 6.92 Å². The van der Waals surface area contributed by atoms with Crippen LogP contribution in [-0.4, -0.2) is 99.2 Å². The van der Waals surface area contributed by atoms with Crippen LogP contribution in [0.15, 0.2) is 72.9 Å². The number of hydrogen-bond acceptors (Lipinski definition) is 9. The predicted octanol–water partition coefficient (Wildman–Crippen LogP) is 1.34. The van der Waals surface area contributed by atoms with E-state index < -0.39 is 47.4 Å². The van der Waals surface area contributed by atoms with Crippen molar-refractivity contribution >= 4 is 35.1 Å². The summed E-state index contributed by atoms with van der Waals surface area (Å²) in [6.07, 6.45) is 2.00. The van der Waals surface area contributed by atoms with Crippen molar-refractivity contribution in [1.82, 2.24) is 41.0 Å². The van der Waals surface area contributed by atoms with Crippen molar-refractivity contribution < 1.29 is 33.4 Å². The number of benzene rings is 2. The van der Waals surface area contributed by atoms with Crippen LogP contribution in [-0.2, 0) is 25.6 Å². The number of nitrogens with one attached hydrogen (secondary N) is 4. The molecule has 0 radical (unpaired) electrons. The lowest BCUT2D eigenvalue weighted by atomic mass is 9.89. The number of amides is 5. The molecule has 4 aromatic rings. The van der Waals surface area contributed by atoms with E-state index in [-0.39, 0.29) is 51.4 Å². The highest BCUT2D eigenvalue weighted by Gasteiger charge is 2.46. The number of aromatic nitrogens is 3. The van der Waals surface area contributed by atoms with E-state index in [1.54, 1.807) is 61.3 Å². The van der Waals surface area contributed by atoms with Crippen LogP contribution in [0.2, 0.25) is 0 Å². The number of likely N-dealkylation sites (tertiary alicyclic amines) is 1. The Labute approximate surface area is 300 Å². The Morgan fingerprint density at radius 2 is 1.54 bits per heavy atom. The summed E-state index contributed by atoms with van der Waals surface area (Å²) in [6, 6.07) is 16.4. The van der Waals surface area contributed by atoms with Crippen molar-refractivity contribution in [3.63, 3.8) is 0 Å². The molecule has 1 spiro atoms. The first-order valence-electron chi connectivity index (χ1n) is 17.3. The van der Waals surface area contributed by atoms with E-state index in [1.807, 2.05) is 30.3 Å². The smallest absolute Gasteiger partial charge is 0.264 e. The first-order chi connectivity index (χ1) is 25.0. The van der Waals surface area contributed by atoms with Gasteiger partial charge in [0.25, 0.3) is 11.8 Å². The molecule has 0 aliphatic carbocycles. The molecule has 2 aromatic carbocycles. The number of fused-ring (bicyclic) bond motifs is 16. The Kier molecular flexibility index (Phi) is 10.7. The highest BCUT2D eigenvalue weighted by atomic mass is 16.5. The molecule has 2 bridgehead atoms. The SMILES string of the molecule is Cc1nn2ncccc2c1C(=O)N1CCC2(CC1)Oc1ccc(cc1)OCCNC(=O)[C@H](C)NC(=O)[C@H](Cc1ccccc1)NC(=O)[C@H](C)NC2=O. The monoisotopic (exact) mass is 710 g/mol. The highest BCUT2D eigenvalue weighted by Crippen LogP contribution is 2.32. The average molecular weight is 711 g/mol. The standard InChI is InChI=1S/C37H42N8O7/c1-23-31(30-10-7-17-39-45(30)43-23)35(49)44-19-15-37(16-20-44)36(50)41-25(3)33(47)42-29(22-26-8-5-4-6-9-26)34(48)40-24(2)32(46)38-18-21-51-27-11-13-28(52-37)14-12-27/h4-14,17,24-25,29H,15-16,18-22H2,1-3H3,(H,38,46)(H,40,48)(H,41,50)(H,42,47)/t24-,25-,29-/m0/s1. The van der Waals surface area contributed by atoms with Gasteiger partial charge in [-0.1, -0.05) is 30.3 Å². The van der Waals surface area contributed by atoms with E-state index in [1.165, 1.54) is 11.6 Å². The molecular weight excluding hydrogens is 668 g/mol. The van der Waals surface area contributed by atoms with Gasteiger partial charge in [0.15, 0.2) is 5.60 Å². The van der Waals surface area contributed by atoms with Crippen LogP contribution in [0.1, 0.15) is 48.3 Å². The second-order valence-corrected chi connectivity index (χ2v) is 13.0. The third-order valence-corrected chi connectivity index (χ3v) is 9.30. The molecule has 7 rings (SSSR count). The maximum Gasteiger partial charge on any atom is 0.264 e. The molecule has 3 atom stereocenters. The number of nitrogens with zero attached hydrogens (tertiary/aromatic N) is 4. The Morgan fingerprint density at radius 1 is 0.846 bits per heavy atom. The molecular formula is C37H42N8O7. The van der Waals surface area contributed by atoms with Crippen LogP contribution in [0.25, 0.3) is 5.52 Å². The second kappa shape index (κ2) is 15.5. The summed E-state index contributed by atoms with van der Waals surface area (Å²) >= 11 is 0. The lowest BCUT2D eigenvalue weighted by molar-refractivity contribution is -0.143. The molecule has 15 heteroatoms. The number of aryl methyl sites for hydroxylation is 1. The van der Waals surface area contributed by atoms with Gasteiger partial charge in [-0.2, -0.15) is 14.8 Å². The molecule has 272 valence electrons. The topological polar surface area (TPSA) is 185 Å². The van der Waals surface area contributed by atoms with Crippen LogP contribution in [0.3, 0.4) is 0 Å². The minimum atomic E-state index is -1.44.